The molecule has 1 atom stereocenters. The van der Waals surface area contributed by atoms with Crippen molar-refractivity contribution in [1.29, 1.82) is 0 Å². The second-order valence-corrected chi connectivity index (χ2v) is 7.04. The van der Waals surface area contributed by atoms with Gasteiger partial charge < -0.3 is 5.32 Å². The van der Waals surface area contributed by atoms with Crippen LogP contribution >= 0.6 is 0 Å². The third-order valence-corrected chi connectivity index (χ3v) is 4.80. The van der Waals surface area contributed by atoms with Gasteiger partial charge in [0, 0.05) is 18.0 Å². The van der Waals surface area contributed by atoms with E-state index in [0.717, 1.165) is 12.0 Å². The van der Waals surface area contributed by atoms with Gasteiger partial charge in [0.25, 0.3) is 0 Å². The molecule has 1 saturated carbocycles. The fraction of sp³-hybridized carbons (Fsp3) is 0.667. The highest BCUT2D eigenvalue weighted by atomic mass is 15.0. The Balaban J connectivity index is 1.89. The van der Waals surface area contributed by atoms with Gasteiger partial charge in [-0.3, -0.25) is 0 Å². The van der Waals surface area contributed by atoms with E-state index in [1.807, 2.05) is 0 Å². The molecule has 1 unspecified atom stereocenters. The Morgan fingerprint density at radius 1 is 1.26 bits per heavy atom. The van der Waals surface area contributed by atoms with Crippen LogP contribution in [-0.4, -0.2) is 12.6 Å². The molecule has 0 amide bonds. The Morgan fingerprint density at radius 3 is 2.79 bits per heavy atom. The standard InChI is InChI=1S/C18H27N/c1-14(2)12-18(13-19-16-9-10-16)11-5-7-15-6-3-4-8-17(15)18/h3-4,6,8,14,16,19H,5,7,9-13H2,1-2H3. The van der Waals surface area contributed by atoms with Gasteiger partial charge in [-0.25, -0.2) is 0 Å². The van der Waals surface area contributed by atoms with Gasteiger partial charge in [-0.05, 0) is 55.6 Å². The predicted octanol–water partition coefficient (Wildman–Crippen LogP) is 4.06. The van der Waals surface area contributed by atoms with Gasteiger partial charge >= 0.3 is 0 Å². The number of benzene rings is 1. The smallest absolute Gasteiger partial charge is 0.00831 e. The van der Waals surface area contributed by atoms with Gasteiger partial charge in [-0.15, -0.1) is 0 Å². The molecule has 0 spiro atoms. The molecule has 1 aromatic rings. The minimum Gasteiger partial charge on any atom is -0.313 e. The number of aryl methyl sites for hydroxylation is 1. The van der Waals surface area contributed by atoms with E-state index in [0.29, 0.717) is 5.41 Å². The molecule has 2 aliphatic rings. The first-order valence-corrected chi connectivity index (χ1v) is 8.01. The van der Waals surface area contributed by atoms with E-state index >= 15 is 0 Å². The Kier molecular flexibility index (Phi) is 3.66. The van der Waals surface area contributed by atoms with Crippen LogP contribution in [0.25, 0.3) is 0 Å². The molecule has 0 saturated heterocycles. The largest absolute Gasteiger partial charge is 0.313 e. The highest BCUT2D eigenvalue weighted by Crippen LogP contribution is 2.42. The van der Waals surface area contributed by atoms with Gasteiger partial charge in [-0.1, -0.05) is 38.1 Å². The molecule has 0 bridgehead atoms. The SMILES string of the molecule is CC(C)CC1(CNC2CC2)CCCc2ccccc21. The van der Waals surface area contributed by atoms with Crippen molar-refractivity contribution in [2.75, 3.05) is 6.54 Å². The maximum absolute atomic E-state index is 3.81. The molecule has 1 nitrogen and oxygen atoms in total. The summed E-state index contributed by atoms with van der Waals surface area (Å²) >= 11 is 0. The lowest BCUT2D eigenvalue weighted by Crippen LogP contribution is -2.42. The lowest BCUT2D eigenvalue weighted by atomic mass is 9.66. The minimum atomic E-state index is 0.394. The molecular weight excluding hydrogens is 230 g/mol. The topological polar surface area (TPSA) is 12.0 Å². The number of rotatable bonds is 5. The molecule has 1 N–H and O–H groups in total. The number of hydrogen-bond donors (Lipinski definition) is 1. The third kappa shape index (κ3) is 2.86. The summed E-state index contributed by atoms with van der Waals surface area (Å²) in [6.07, 6.45) is 8.10. The Bertz CT molecular complexity index is 433. The molecule has 0 aromatic heterocycles. The second kappa shape index (κ2) is 5.28. The maximum atomic E-state index is 3.81. The Hall–Kier alpha value is -0.820. The molecule has 1 fully saturated rings. The fourth-order valence-corrected chi connectivity index (χ4v) is 3.88. The zero-order chi connectivity index (χ0) is 13.3. The summed E-state index contributed by atoms with van der Waals surface area (Å²) in [5, 5.41) is 3.81. The summed E-state index contributed by atoms with van der Waals surface area (Å²) in [4.78, 5) is 0. The third-order valence-electron chi connectivity index (χ3n) is 4.80. The van der Waals surface area contributed by atoms with Crippen molar-refractivity contribution in [3.63, 3.8) is 0 Å². The summed E-state index contributed by atoms with van der Waals surface area (Å²) in [6, 6.07) is 10.00. The van der Waals surface area contributed by atoms with Crippen molar-refractivity contribution in [1.82, 2.24) is 5.32 Å². The quantitative estimate of drug-likeness (QED) is 0.839. The summed E-state index contributed by atoms with van der Waals surface area (Å²) < 4.78 is 0. The van der Waals surface area contributed by atoms with Crippen molar-refractivity contribution in [2.45, 2.75) is 63.8 Å². The molecular formula is C18H27N. The maximum Gasteiger partial charge on any atom is 0.00831 e. The van der Waals surface area contributed by atoms with Crippen LogP contribution in [-0.2, 0) is 11.8 Å². The summed E-state index contributed by atoms with van der Waals surface area (Å²) in [6.45, 7) is 5.93. The van der Waals surface area contributed by atoms with E-state index in [1.54, 1.807) is 11.1 Å². The lowest BCUT2D eigenvalue weighted by molar-refractivity contribution is 0.280. The Labute approximate surface area is 117 Å². The predicted molar refractivity (Wildman–Crippen MR) is 81.5 cm³/mol. The van der Waals surface area contributed by atoms with Crippen molar-refractivity contribution < 1.29 is 0 Å². The average Bonchev–Trinajstić information content (AvgIpc) is 3.20. The highest BCUT2D eigenvalue weighted by Gasteiger charge is 2.37. The highest BCUT2D eigenvalue weighted by molar-refractivity contribution is 5.37. The van der Waals surface area contributed by atoms with Crippen LogP contribution in [0, 0.1) is 5.92 Å². The first kappa shape index (κ1) is 13.2. The van der Waals surface area contributed by atoms with Crippen molar-refractivity contribution in [3.8, 4) is 0 Å². The van der Waals surface area contributed by atoms with Crippen LogP contribution in [0.4, 0.5) is 0 Å². The number of nitrogens with one attached hydrogen (secondary N) is 1. The molecule has 3 rings (SSSR count). The van der Waals surface area contributed by atoms with Gasteiger partial charge in [0.2, 0.25) is 0 Å². The van der Waals surface area contributed by atoms with Crippen molar-refractivity contribution in [2.24, 2.45) is 5.92 Å². The van der Waals surface area contributed by atoms with E-state index in [4.69, 9.17) is 0 Å². The van der Waals surface area contributed by atoms with Crippen molar-refractivity contribution in [3.05, 3.63) is 35.4 Å². The van der Waals surface area contributed by atoms with E-state index in [-0.39, 0.29) is 0 Å². The first-order chi connectivity index (χ1) is 9.20. The summed E-state index contributed by atoms with van der Waals surface area (Å²) in [5.74, 6) is 0.771. The van der Waals surface area contributed by atoms with Crippen LogP contribution in [0.1, 0.15) is 57.1 Å². The van der Waals surface area contributed by atoms with Crippen molar-refractivity contribution >= 4 is 0 Å². The zero-order valence-electron chi connectivity index (χ0n) is 12.4. The van der Waals surface area contributed by atoms with Crippen LogP contribution in [0.3, 0.4) is 0 Å². The Morgan fingerprint density at radius 2 is 2.05 bits per heavy atom. The van der Waals surface area contributed by atoms with Gasteiger partial charge in [0.1, 0.15) is 0 Å². The molecule has 2 aliphatic carbocycles. The molecule has 1 aromatic carbocycles. The molecule has 1 heteroatoms. The summed E-state index contributed by atoms with van der Waals surface area (Å²) in [5.41, 5.74) is 3.64. The second-order valence-electron chi connectivity index (χ2n) is 7.04. The minimum absolute atomic E-state index is 0.394. The normalized spacial score (nSPS) is 26.5. The van der Waals surface area contributed by atoms with E-state index in [1.165, 1.54) is 45.1 Å². The molecule has 0 radical (unpaired) electrons. The average molecular weight is 257 g/mol. The van der Waals surface area contributed by atoms with E-state index < -0.39 is 0 Å². The van der Waals surface area contributed by atoms with Crippen LogP contribution < -0.4 is 5.32 Å². The lowest BCUT2D eigenvalue weighted by Gasteiger charge is -2.41. The van der Waals surface area contributed by atoms with Gasteiger partial charge in [-0.2, -0.15) is 0 Å². The molecule has 19 heavy (non-hydrogen) atoms. The van der Waals surface area contributed by atoms with E-state index in [2.05, 4.69) is 43.4 Å². The monoisotopic (exact) mass is 257 g/mol. The first-order valence-electron chi connectivity index (χ1n) is 8.01. The van der Waals surface area contributed by atoms with Gasteiger partial charge in [0.15, 0.2) is 0 Å². The van der Waals surface area contributed by atoms with Crippen LogP contribution in [0.2, 0.25) is 0 Å². The molecule has 104 valence electrons. The summed E-state index contributed by atoms with van der Waals surface area (Å²) in [7, 11) is 0. The fourth-order valence-electron chi connectivity index (χ4n) is 3.88. The van der Waals surface area contributed by atoms with Gasteiger partial charge in [0.05, 0.1) is 0 Å². The van der Waals surface area contributed by atoms with Crippen LogP contribution in [0.5, 0.6) is 0 Å². The zero-order valence-corrected chi connectivity index (χ0v) is 12.4. The number of hydrogen-bond acceptors (Lipinski definition) is 1. The number of fused-ring (bicyclic) bond motifs is 1. The van der Waals surface area contributed by atoms with E-state index in [9.17, 15) is 0 Å². The van der Waals surface area contributed by atoms with Crippen LogP contribution in [0.15, 0.2) is 24.3 Å². The molecule has 0 aliphatic heterocycles. The molecule has 0 heterocycles.